The van der Waals surface area contributed by atoms with Crippen molar-refractivity contribution < 1.29 is 14.7 Å². The molecule has 0 bridgehead atoms. The van der Waals surface area contributed by atoms with Crippen molar-refractivity contribution in [3.8, 4) is 0 Å². The van der Waals surface area contributed by atoms with Gasteiger partial charge >= 0.3 is 5.97 Å². The number of benzene rings is 1. The van der Waals surface area contributed by atoms with E-state index in [2.05, 4.69) is 4.98 Å². The van der Waals surface area contributed by atoms with E-state index in [0.717, 1.165) is 5.52 Å². The molecule has 0 saturated heterocycles. The van der Waals surface area contributed by atoms with E-state index in [0.29, 0.717) is 5.39 Å². The van der Waals surface area contributed by atoms with Gasteiger partial charge in [-0.3, -0.25) is 4.79 Å². The van der Waals surface area contributed by atoms with Crippen LogP contribution in [0.4, 0.5) is 0 Å². The highest BCUT2D eigenvalue weighted by Gasteiger charge is 2.21. The molecule has 0 fully saturated rings. The van der Waals surface area contributed by atoms with Gasteiger partial charge in [-0.25, -0.2) is 4.79 Å². The van der Waals surface area contributed by atoms with E-state index in [1.165, 1.54) is 6.20 Å². The summed E-state index contributed by atoms with van der Waals surface area (Å²) in [6.45, 7) is 0. The van der Waals surface area contributed by atoms with Crippen LogP contribution in [0.5, 0.6) is 0 Å². The summed E-state index contributed by atoms with van der Waals surface area (Å²) in [6, 6.07) is 7.11. The number of fused-ring (bicyclic) bond motifs is 1. The highest BCUT2D eigenvalue weighted by Crippen LogP contribution is 2.24. The van der Waals surface area contributed by atoms with Gasteiger partial charge in [0.15, 0.2) is 0 Å². The molecule has 0 aliphatic rings. The molecule has 6 heteroatoms. The molecule has 0 saturated carbocycles. The van der Waals surface area contributed by atoms with Crippen LogP contribution in [0.25, 0.3) is 10.9 Å². The lowest BCUT2D eigenvalue weighted by Gasteiger charge is -1.99. The topological polar surface area (TPSA) is 70.2 Å². The number of hydrogen-bond acceptors (Lipinski definition) is 2. The van der Waals surface area contributed by atoms with Crippen LogP contribution in [0, 0.1) is 0 Å². The van der Waals surface area contributed by atoms with Gasteiger partial charge in [0.2, 0.25) is 5.78 Å². The Balaban J connectivity index is 2.53. The fourth-order valence-corrected chi connectivity index (χ4v) is 1.84. The summed E-state index contributed by atoms with van der Waals surface area (Å²) in [5.74, 6) is -2.06. The van der Waals surface area contributed by atoms with Crippen molar-refractivity contribution >= 4 is 45.9 Å². The number of nitrogens with one attached hydrogen (secondary N) is 1. The number of carboxylic acids is 1. The van der Waals surface area contributed by atoms with Crippen molar-refractivity contribution in [1.29, 1.82) is 0 Å². The smallest absolute Gasteiger partial charge is 0.349 e. The number of ketones is 1. The lowest BCUT2D eigenvalue weighted by molar-refractivity contribution is -0.131. The first-order valence-electron chi connectivity index (χ1n) is 4.91. The summed E-state index contributed by atoms with van der Waals surface area (Å²) in [5, 5.41) is 8.15. The molecule has 1 heterocycles. The van der Waals surface area contributed by atoms with Crippen LogP contribution >= 0.6 is 23.2 Å². The first kappa shape index (κ1) is 12.7. The molecular weight excluding hydrogens is 277 g/mol. The molecule has 18 heavy (non-hydrogen) atoms. The quantitative estimate of drug-likeness (QED) is 0.672. The zero-order chi connectivity index (χ0) is 13.3. The van der Waals surface area contributed by atoms with Crippen LogP contribution in [0.15, 0.2) is 40.5 Å². The molecule has 2 rings (SSSR count). The van der Waals surface area contributed by atoms with Crippen LogP contribution < -0.4 is 0 Å². The minimum Gasteiger partial charge on any atom is -0.477 e. The zero-order valence-electron chi connectivity index (χ0n) is 8.91. The van der Waals surface area contributed by atoms with E-state index < -0.39 is 21.8 Å². The van der Waals surface area contributed by atoms with Gasteiger partial charge in [0.25, 0.3) is 0 Å². The van der Waals surface area contributed by atoms with Gasteiger partial charge in [-0.1, -0.05) is 41.4 Å². The number of carbonyl (C=O) groups is 2. The number of allylic oxidation sites excluding steroid dienone is 1. The molecule has 1 aromatic carbocycles. The van der Waals surface area contributed by atoms with Gasteiger partial charge < -0.3 is 10.1 Å². The molecule has 0 amide bonds. The van der Waals surface area contributed by atoms with Crippen molar-refractivity contribution in [3.05, 3.63) is 46.1 Å². The number of rotatable bonds is 3. The number of aromatic amines is 1. The Hall–Kier alpha value is -1.78. The molecule has 4 nitrogen and oxygen atoms in total. The predicted molar refractivity (Wildman–Crippen MR) is 69.0 cm³/mol. The zero-order valence-corrected chi connectivity index (χ0v) is 10.4. The number of aromatic nitrogens is 1. The maximum atomic E-state index is 12.0. The fourth-order valence-electron chi connectivity index (χ4n) is 1.57. The van der Waals surface area contributed by atoms with Crippen LogP contribution in [0.3, 0.4) is 0 Å². The highest BCUT2D eigenvalue weighted by molar-refractivity contribution is 6.55. The monoisotopic (exact) mass is 283 g/mol. The third-order valence-electron chi connectivity index (χ3n) is 2.41. The minimum absolute atomic E-state index is 0.287. The molecule has 92 valence electrons. The third-order valence-corrected chi connectivity index (χ3v) is 3.22. The first-order chi connectivity index (χ1) is 8.52. The second-order valence-electron chi connectivity index (χ2n) is 3.51. The maximum absolute atomic E-state index is 12.0. The summed E-state index contributed by atoms with van der Waals surface area (Å²) in [7, 11) is 0. The number of Topliss-reactive ketones (excluding diaryl/α,β-unsaturated/α-hetero) is 1. The summed E-state index contributed by atoms with van der Waals surface area (Å²) < 4.78 is 0. The molecule has 0 atom stereocenters. The average molecular weight is 284 g/mol. The molecule has 0 aliphatic heterocycles. The van der Waals surface area contributed by atoms with E-state index in [1.807, 2.05) is 6.07 Å². The Morgan fingerprint density at radius 3 is 2.44 bits per heavy atom. The average Bonchev–Trinajstić information content (AvgIpc) is 2.79. The largest absolute Gasteiger partial charge is 0.477 e. The van der Waals surface area contributed by atoms with Gasteiger partial charge in [-0.2, -0.15) is 0 Å². The van der Waals surface area contributed by atoms with Gasteiger partial charge in [-0.15, -0.1) is 0 Å². The standard InChI is InChI=1S/C12H7Cl2NO3/c13-9(10(14)12(17)18)11(16)7-5-15-8-4-2-1-3-6(7)8/h1-5,15H,(H,17,18)/b10-9+. The van der Waals surface area contributed by atoms with E-state index in [4.69, 9.17) is 28.3 Å². The number of carbonyl (C=O) groups excluding carboxylic acids is 1. The lowest BCUT2D eigenvalue weighted by atomic mass is 10.1. The summed E-state index contributed by atoms with van der Waals surface area (Å²) >= 11 is 11.1. The SMILES string of the molecule is O=C(O)/C(Cl)=C(\Cl)C(=O)c1c[nH]c2ccccc12. The number of aliphatic carboxylic acids is 1. The van der Waals surface area contributed by atoms with E-state index in [9.17, 15) is 9.59 Å². The molecule has 2 N–H and O–H groups in total. The highest BCUT2D eigenvalue weighted by atomic mass is 35.5. The number of halogens is 2. The van der Waals surface area contributed by atoms with Crippen molar-refractivity contribution in [2.24, 2.45) is 0 Å². The van der Waals surface area contributed by atoms with Crippen LogP contribution in [0.1, 0.15) is 10.4 Å². The Morgan fingerprint density at radius 1 is 1.11 bits per heavy atom. The van der Waals surface area contributed by atoms with Crippen molar-refractivity contribution in [2.75, 3.05) is 0 Å². The number of carboxylic acid groups (broad SMARTS) is 1. The van der Waals surface area contributed by atoms with Crippen molar-refractivity contribution in [3.63, 3.8) is 0 Å². The van der Waals surface area contributed by atoms with Gasteiger partial charge in [0.1, 0.15) is 10.1 Å². The Bertz CT molecular complexity index is 673. The van der Waals surface area contributed by atoms with Gasteiger partial charge in [0, 0.05) is 22.7 Å². The second kappa shape index (κ2) is 4.84. The normalized spacial score (nSPS) is 12.3. The number of H-pyrrole nitrogens is 1. The molecule has 0 unspecified atom stereocenters. The fraction of sp³-hybridized carbons (Fsp3) is 0. The van der Waals surface area contributed by atoms with E-state index >= 15 is 0 Å². The van der Waals surface area contributed by atoms with Crippen LogP contribution in [0.2, 0.25) is 0 Å². The maximum Gasteiger partial charge on any atom is 0.349 e. The summed E-state index contributed by atoms with van der Waals surface area (Å²) in [4.78, 5) is 25.6. The molecule has 0 aliphatic carbocycles. The van der Waals surface area contributed by atoms with E-state index in [-0.39, 0.29) is 5.56 Å². The minimum atomic E-state index is -1.44. The molecule has 2 aromatic rings. The second-order valence-corrected chi connectivity index (χ2v) is 4.27. The Kier molecular flexibility index (Phi) is 3.41. The molecular formula is C12H7Cl2NO3. The Labute approximate surface area is 112 Å². The van der Waals surface area contributed by atoms with Gasteiger partial charge in [0.05, 0.1) is 0 Å². The predicted octanol–water partition coefficient (Wildman–Crippen LogP) is 3.12. The summed E-state index contributed by atoms with van der Waals surface area (Å²) in [5.41, 5.74) is 1.05. The lowest BCUT2D eigenvalue weighted by Crippen LogP contribution is -2.04. The first-order valence-corrected chi connectivity index (χ1v) is 5.67. The van der Waals surface area contributed by atoms with Crippen LogP contribution in [-0.4, -0.2) is 21.8 Å². The van der Waals surface area contributed by atoms with Crippen molar-refractivity contribution in [1.82, 2.24) is 4.98 Å². The number of para-hydroxylation sites is 1. The van der Waals surface area contributed by atoms with Crippen LogP contribution in [-0.2, 0) is 4.79 Å². The van der Waals surface area contributed by atoms with Gasteiger partial charge in [-0.05, 0) is 6.07 Å². The summed E-state index contributed by atoms with van der Waals surface area (Å²) in [6.07, 6.45) is 1.47. The molecule has 0 spiro atoms. The Morgan fingerprint density at radius 2 is 1.78 bits per heavy atom. The molecule has 0 radical (unpaired) electrons. The molecule has 1 aromatic heterocycles. The number of hydrogen-bond donors (Lipinski definition) is 2. The van der Waals surface area contributed by atoms with E-state index in [1.54, 1.807) is 18.2 Å². The van der Waals surface area contributed by atoms with Crippen molar-refractivity contribution in [2.45, 2.75) is 0 Å². The third kappa shape index (κ3) is 2.12.